The van der Waals surface area contributed by atoms with Gasteiger partial charge in [-0.2, -0.15) is 0 Å². The monoisotopic (exact) mass is 340 g/mol. The molecule has 1 N–H and O–H groups in total. The van der Waals surface area contributed by atoms with Gasteiger partial charge < -0.3 is 19.7 Å². The Hall–Kier alpha value is -1.14. The molecule has 2 unspecified atom stereocenters. The van der Waals surface area contributed by atoms with Crippen molar-refractivity contribution in [2.75, 3.05) is 39.5 Å². The van der Waals surface area contributed by atoms with Crippen LogP contribution in [-0.4, -0.2) is 56.4 Å². The standard InChI is InChI=1S/C17H25ClN2O3/c1-3-22-10-11-23-13(2)17(21)20-9-8-19-12-16(20)14-6-4-5-7-15(14)18/h4-7,13,16,19H,3,8-12H2,1-2H3. The average Bonchev–Trinajstić information content (AvgIpc) is 2.58. The summed E-state index contributed by atoms with van der Waals surface area (Å²) in [6.07, 6.45) is -0.487. The Labute approximate surface area is 142 Å². The number of hydrogen-bond acceptors (Lipinski definition) is 4. The molecule has 1 amide bonds. The van der Waals surface area contributed by atoms with E-state index in [0.717, 1.165) is 12.1 Å². The van der Waals surface area contributed by atoms with Gasteiger partial charge in [0, 0.05) is 31.3 Å². The number of halogens is 1. The lowest BCUT2D eigenvalue weighted by atomic mass is 10.0. The Balaban J connectivity index is 2.03. The van der Waals surface area contributed by atoms with Gasteiger partial charge in [-0.25, -0.2) is 0 Å². The highest BCUT2D eigenvalue weighted by atomic mass is 35.5. The molecule has 1 aromatic carbocycles. The number of rotatable bonds is 7. The number of piperazine rings is 1. The molecule has 1 saturated heterocycles. The maximum absolute atomic E-state index is 12.7. The molecule has 23 heavy (non-hydrogen) atoms. The second-order valence-corrected chi connectivity index (χ2v) is 5.89. The van der Waals surface area contributed by atoms with Crippen LogP contribution >= 0.6 is 11.6 Å². The van der Waals surface area contributed by atoms with E-state index >= 15 is 0 Å². The molecule has 5 nitrogen and oxygen atoms in total. The summed E-state index contributed by atoms with van der Waals surface area (Å²) in [5.41, 5.74) is 0.969. The summed E-state index contributed by atoms with van der Waals surface area (Å²) in [5.74, 6) is -0.00656. The van der Waals surface area contributed by atoms with Crippen LogP contribution in [0.3, 0.4) is 0 Å². The molecule has 2 rings (SSSR count). The van der Waals surface area contributed by atoms with Crippen LogP contribution < -0.4 is 5.32 Å². The van der Waals surface area contributed by atoms with Gasteiger partial charge in [0.25, 0.3) is 5.91 Å². The minimum absolute atomic E-state index is 0.00656. The van der Waals surface area contributed by atoms with Crippen molar-refractivity contribution in [1.82, 2.24) is 10.2 Å². The summed E-state index contributed by atoms with van der Waals surface area (Å²) in [6.45, 7) is 7.42. The lowest BCUT2D eigenvalue weighted by Crippen LogP contribution is -2.51. The normalized spacial score (nSPS) is 19.6. The summed E-state index contributed by atoms with van der Waals surface area (Å²) in [4.78, 5) is 14.6. The summed E-state index contributed by atoms with van der Waals surface area (Å²) in [7, 11) is 0. The number of nitrogens with one attached hydrogen (secondary N) is 1. The highest BCUT2D eigenvalue weighted by Gasteiger charge is 2.31. The van der Waals surface area contributed by atoms with Gasteiger partial charge in [-0.3, -0.25) is 4.79 Å². The molecule has 128 valence electrons. The molecule has 0 spiro atoms. The van der Waals surface area contributed by atoms with Gasteiger partial charge in [0.1, 0.15) is 6.10 Å². The van der Waals surface area contributed by atoms with Crippen molar-refractivity contribution in [2.45, 2.75) is 26.0 Å². The Morgan fingerprint density at radius 3 is 2.96 bits per heavy atom. The van der Waals surface area contributed by atoms with Crippen LogP contribution in [0.15, 0.2) is 24.3 Å². The third kappa shape index (κ3) is 4.91. The smallest absolute Gasteiger partial charge is 0.252 e. The van der Waals surface area contributed by atoms with Crippen LogP contribution in [0.1, 0.15) is 25.5 Å². The SMILES string of the molecule is CCOCCOC(C)C(=O)N1CCNCC1c1ccccc1Cl. The van der Waals surface area contributed by atoms with Gasteiger partial charge in [0.05, 0.1) is 19.3 Å². The van der Waals surface area contributed by atoms with Crippen LogP contribution in [0.25, 0.3) is 0 Å². The van der Waals surface area contributed by atoms with E-state index in [1.165, 1.54) is 0 Å². The van der Waals surface area contributed by atoms with E-state index in [1.807, 2.05) is 36.1 Å². The maximum Gasteiger partial charge on any atom is 0.252 e. The topological polar surface area (TPSA) is 50.8 Å². The molecule has 0 aliphatic carbocycles. The lowest BCUT2D eigenvalue weighted by Gasteiger charge is -2.38. The molecule has 1 heterocycles. The van der Waals surface area contributed by atoms with Crippen molar-refractivity contribution in [1.29, 1.82) is 0 Å². The molecular formula is C17H25ClN2O3. The van der Waals surface area contributed by atoms with E-state index < -0.39 is 6.10 Å². The summed E-state index contributed by atoms with van der Waals surface area (Å²) >= 11 is 6.31. The molecule has 0 aromatic heterocycles. The van der Waals surface area contributed by atoms with Crippen molar-refractivity contribution in [3.63, 3.8) is 0 Å². The first-order chi connectivity index (χ1) is 11.1. The molecule has 0 radical (unpaired) electrons. The molecule has 1 aliphatic rings. The van der Waals surface area contributed by atoms with Gasteiger partial charge in [-0.05, 0) is 25.5 Å². The molecule has 2 atom stereocenters. The highest BCUT2D eigenvalue weighted by Crippen LogP contribution is 2.29. The van der Waals surface area contributed by atoms with E-state index in [2.05, 4.69) is 5.32 Å². The van der Waals surface area contributed by atoms with Gasteiger partial charge in [-0.15, -0.1) is 0 Å². The predicted octanol–water partition coefficient (Wildman–Crippen LogP) is 2.25. The number of amides is 1. The average molecular weight is 341 g/mol. The first-order valence-electron chi connectivity index (χ1n) is 8.10. The van der Waals surface area contributed by atoms with Crippen molar-refractivity contribution >= 4 is 17.5 Å². The molecular weight excluding hydrogens is 316 g/mol. The zero-order valence-electron chi connectivity index (χ0n) is 13.8. The third-order valence-electron chi connectivity index (χ3n) is 3.94. The van der Waals surface area contributed by atoms with Crippen molar-refractivity contribution in [3.05, 3.63) is 34.9 Å². The van der Waals surface area contributed by atoms with Crippen molar-refractivity contribution < 1.29 is 14.3 Å². The third-order valence-corrected chi connectivity index (χ3v) is 4.28. The lowest BCUT2D eigenvalue weighted by molar-refractivity contribution is -0.147. The van der Waals surface area contributed by atoms with E-state index in [0.29, 0.717) is 37.9 Å². The van der Waals surface area contributed by atoms with E-state index in [-0.39, 0.29) is 11.9 Å². The van der Waals surface area contributed by atoms with Crippen molar-refractivity contribution in [2.24, 2.45) is 0 Å². The molecule has 0 bridgehead atoms. The molecule has 1 aromatic rings. The first-order valence-corrected chi connectivity index (χ1v) is 8.48. The molecule has 0 saturated carbocycles. The Morgan fingerprint density at radius 2 is 2.22 bits per heavy atom. The largest absolute Gasteiger partial charge is 0.379 e. The van der Waals surface area contributed by atoms with Crippen molar-refractivity contribution in [3.8, 4) is 0 Å². The zero-order chi connectivity index (χ0) is 16.7. The van der Waals surface area contributed by atoms with E-state index in [4.69, 9.17) is 21.1 Å². The van der Waals surface area contributed by atoms with Gasteiger partial charge in [0.2, 0.25) is 0 Å². The van der Waals surface area contributed by atoms with Crippen LogP contribution in [0.5, 0.6) is 0 Å². The van der Waals surface area contributed by atoms with Gasteiger partial charge in [0.15, 0.2) is 0 Å². The summed E-state index contributed by atoms with van der Waals surface area (Å²) in [6, 6.07) is 7.61. The zero-order valence-corrected chi connectivity index (χ0v) is 14.5. The van der Waals surface area contributed by atoms with Crippen LogP contribution in [0.2, 0.25) is 5.02 Å². The Bertz CT molecular complexity index is 512. The minimum Gasteiger partial charge on any atom is -0.379 e. The molecule has 6 heteroatoms. The number of hydrogen-bond donors (Lipinski definition) is 1. The van der Waals surface area contributed by atoms with Gasteiger partial charge in [-0.1, -0.05) is 29.8 Å². The Morgan fingerprint density at radius 1 is 1.43 bits per heavy atom. The fourth-order valence-electron chi connectivity index (χ4n) is 2.72. The number of carbonyl (C=O) groups is 1. The second kappa shape index (κ2) is 9.23. The van der Waals surface area contributed by atoms with E-state index in [9.17, 15) is 4.79 Å². The Kier molecular flexibility index (Phi) is 7.30. The fourth-order valence-corrected chi connectivity index (χ4v) is 2.99. The van der Waals surface area contributed by atoms with Crippen LogP contribution in [0.4, 0.5) is 0 Å². The van der Waals surface area contributed by atoms with Gasteiger partial charge >= 0.3 is 0 Å². The summed E-state index contributed by atoms with van der Waals surface area (Å²) < 4.78 is 10.8. The number of nitrogens with zero attached hydrogens (tertiary/aromatic N) is 1. The highest BCUT2D eigenvalue weighted by molar-refractivity contribution is 6.31. The number of ether oxygens (including phenoxy) is 2. The van der Waals surface area contributed by atoms with E-state index in [1.54, 1.807) is 6.92 Å². The maximum atomic E-state index is 12.7. The number of benzene rings is 1. The molecule has 1 aliphatic heterocycles. The second-order valence-electron chi connectivity index (χ2n) is 5.48. The minimum atomic E-state index is -0.487. The first kappa shape index (κ1) is 18.2. The molecule has 1 fully saturated rings. The number of carbonyl (C=O) groups excluding carboxylic acids is 1. The fraction of sp³-hybridized carbons (Fsp3) is 0.588. The van der Waals surface area contributed by atoms with Crippen LogP contribution in [0, 0.1) is 0 Å². The van der Waals surface area contributed by atoms with Crippen LogP contribution in [-0.2, 0) is 14.3 Å². The summed E-state index contributed by atoms with van der Waals surface area (Å²) in [5, 5.41) is 4.02. The quantitative estimate of drug-likeness (QED) is 0.773. The predicted molar refractivity (Wildman–Crippen MR) is 90.7 cm³/mol.